The molecular formula is C19H29F3N6O. The SMILES string of the molecule is CCNC(=NCCNc1ncccc1C(F)(F)F)N1CCC(N2CCOCC2)C1. The van der Waals surface area contributed by atoms with Crippen LogP contribution in [0, 0.1) is 0 Å². The van der Waals surface area contributed by atoms with Crippen molar-refractivity contribution in [2.24, 2.45) is 4.99 Å². The van der Waals surface area contributed by atoms with E-state index in [0.29, 0.717) is 12.6 Å². The summed E-state index contributed by atoms with van der Waals surface area (Å²) in [6.07, 6.45) is -2.01. The summed E-state index contributed by atoms with van der Waals surface area (Å²) < 4.78 is 44.6. The number of nitrogens with zero attached hydrogens (tertiary/aromatic N) is 4. The van der Waals surface area contributed by atoms with E-state index in [1.807, 2.05) is 6.92 Å². The van der Waals surface area contributed by atoms with E-state index in [9.17, 15) is 13.2 Å². The zero-order valence-electron chi connectivity index (χ0n) is 16.7. The van der Waals surface area contributed by atoms with Gasteiger partial charge < -0.3 is 20.3 Å². The Morgan fingerprint density at radius 1 is 1.31 bits per heavy atom. The zero-order chi connectivity index (χ0) is 20.7. The van der Waals surface area contributed by atoms with Crippen LogP contribution in [0.3, 0.4) is 0 Å². The second-order valence-corrected chi connectivity index (χ2v) is 7.10. The number of aromatic nitrogens is 1. The fourth-order valence-electron chi connectivity index (χ4n) is 3.71. The molecule has 1 aromatic heterocycles. The minimum Gasteiger partial charge on any atom is -0.379 e. The van der Waals surface area contributed by atoms with Crippen LogP contribution in [0.5, 0.6) is 0 Å². The number of nitrogens with one attached hydrogen (secondary N) is 2. The Morgan fingerprint density at radius 2 is 2.10 bits per heavy atom. The summed E-state index contributed by atoms with van der Waals surface area (Å²) in [4.78, 5) is 13.1. The number of aliphatic imine (C=N–C) groups is 1. The van der Waals surface area contributed by atoms with E-state index in [4.69, 9.17) is 4.74 Å². The van der Waals surface area contributed by atoms with E-state index >= 15 is 0 Å². The predicted octanol–water partition coefficient (Wildman–Crippen LogP) is 1.88. The van der Waals surface area contributed by atoms with Crippen molar-refractivity contribution in [1.82, 2.24) is 20.1 Å². The molecule has 0 aromatic carbocycles. The number of rotatable bonds is 6. The van der Waals surface area contributed by atoms with Gasteiger partial charge in [-0.3, -0.25) is 9.89 Å². The van der Waals surface area contributed by atoms with Gasteiger partial charge in [0.2, 0.25) is 0 Å². The van der Waals surface area contributed by atoms with Gasteiger partial charge in [0.05, 0.1) is 25.3 Å². The molecular weight excluding hydrogens is 385 g/mol. The molecule has 3 heterocycles. The number of anilines is 1. The minimum absolute atomic E-state index is 0.159. The van der Waals surface area contributed by atoms with Crippen LogP contribution in [0.15, 0.2) is 23.3 Å². The third kappa shape index (κ3) is 5.96. The summed E-state index contributed by atoms with van der Waals surface area (Å²) in [5.74, 6) is 0.649. The largest absolute Gasteiger partial charge is 0.419 e. The highest BCUT2D eigenvalue weighted by Crippen LogP contribution is 2.33. The molecule has 1 unspecified atom stereocenters. The molecule has 0 saturated carbocycles. The number of alkyl halides is 3. The molecule has 162 valence electrons. The molecule has 0 aliphatic carbocycles. The number of likely N-dealkylation sites (tertiary alicyclic amines) is 1. The van der Waals surface area contributed by atoms with Gasteiger partial charge in [-0.25, -0.2) is 4.98 Å². The molecule has 0 radical (unpaired) electrons. The van der Waals surface area contributed by atoms with Crippen LogP contribution in [0.4, 0.5) is 19.0 Å². The molecule has 1 atom stereocenters. The van der Waals surface area contributed by atoms with Crippen molar-refractivity contribution in [3.63, 3.8) is 0 Å². The van der Waals surface area contributed by atoms with Crippen LogP contribution in [0.25, 0.3) is 0 Å². The normalized spacial score (nSPS) is 21.4. The van der Waals surface area contributed by atoms with Crippen molar-refractivity contribution in [3.05, 3.63) is 23.9 Å². The van der Waals surface area contributed by atoms with Gasteiger partial charge in [0, 0.05) is 51.5 Å². The maximum atomic E-state index is 13.0. The van der Waals surface area contributed by atoms with Crippen molar-refractivity contribution in [2.75, 3.05) is 64.3 Å². The van der Waals surface area contributed by atoms with Gasteiger partial charge in [-0.15, -0.1) is 0 Å². The van der Waals surface area contributed by atoms with Crippen molar-refractivity contribution < 1.29 is 17.9 Å². The first-order valence-corrected chi connectivity index (χ1v) is 10.1. The highest BCUT2D eigenvalue weighted by Gasteiger charge is 2.34. The van der Waals surface area contributed by atoms with Crippen molar-refractivity contribution >= 4 is 11.8 Å². The molecule has 2 aliphatic heterocycles. The fraction of sp³-hybridized carbons (Fsp3) is 0.684. The van der Waals surface area contributed by atoms with Crippen LogP contribution in [-0.2, 0) is 10.9 Å². The first-order valence-electron chi connectivity index (χ1n) is 10.1. The summed E-state index contributed by atoms with van der Waals surface area (Å²) in [5, 5.41) is 6.05. The topological polar surface area (TPSA) is 65.0 Å². The summed E-state index contributed by atoms with van der Waals surface area (Å²) in [5.41, 5.74) is -0.760. The minimum atomic E-state index is -4.43. The second-order valence-electron chi connectivity index (χ2n) is 7.10. The van der Waals surface area contributed by atoms with Gasteiger partial charge >= 0.3 is 6.18 Å². The number of pyridine rings is 1. The van der Waals surface area contributed by atoms with Crippen molar-refractivity contribution in [1.29, 1.82) is 0 Å². The van der Waals surface area contributed by atoms with E-state index in [0.717, 1.165) is 64.4 Å². The van der Waals surface area contributed by atoms with Gasteiger partial charge in [-0.05, 0) is 25.5 Å². The van der Waals surface area contributed by atoms with E-state index in [2.05, 4.69) is 30.4 Å². The number of ether oxygens (including phenoxy) is 1. The molecule has 10 heteroatoms. The number of guanidine groups is 1. The molecule has 0 amide bonds. The highest BCUT2D eigenvalue weighted by atomic mass is 19.4. The lowest BCUT2D eigenvalue weighted by molar-refractivity contribution is -0.137. The molecule has 2 fully saturated rings. The molecule has 1 aromatic rings. The predicted molar refractivity (Wildman–Crippen MR) is 106 cm³/mol. The number of hydrogen-bond donors (Lipinski definition) is 2. The van der Waals surface area contributed by atoms with Gasteiger partial charge in [-0.1, -0.05) is 0 Å². The van der Waals surface area contributed by atoms with Gasteiger partial charge in [-0.2, -0.15) is 13.2 Å². The Kier molecular flexibility index (Phi) is 7.54. The highest BCUT2D eigenvalue weighted by molar-refractivity contribution is 5.80. The summed E-state index contributed by atoms with van der Waals surface area (Å²) >= 11 is 0. The average Bonchev–Trinajstić information content (AvgIpc) is 3.21. The number of hydrogen-bond acceptors (Lipinski definition) is 5. The summed E-state index contributed by atoms with van der Waals surface area (Å²) in [7, 11) is 0. The van der Waals surface area contributed by atoms with Crippen LogP contribution < -0.4 is 10.6 Å². The van der Waals surface area contributed by atoms with Gasteiger partial charge in [0.1, 0.15) is 5.82 Å². The Hall–Kier alpha value is -2.07. The smallest absolute Gasteiger partial charge is 0.379 e. The van der Waals surface area contributed by atoms with Gasteiger partial charge in [0.15, 0.2) is 5.96 Å². The summed E-state index contributed by atoms with van der Waals surface area (Å²) in [6, 6.07) is 2.80. The number of halogens is 3. The van der Waals surface area contributed by atoms with Crippen LogP contribution >= 0.6 is 0 Å². The molecule has 7 nitrogen and oxygen atoms in total. The first kappa shape index (κ1) is 21.6. The molecule has 0 bridgehead atoms. The average molecular weight is 414 g/mol. The molecule has 3 rings (SSSR count). The van der Waals surface area contributed by atoms with Crippen LogP contribution in [-0.4, -0.2) is 85.8 Å². The van der Waals surface area contributed by atoms with E-state index < -0.39 is 11.7 Å². The lowest BCUT2D eigenvalue weighted by Gasteiger charge is -2.32. The lowest BCUT2D eigenvalue weighted by atomic mass is 10.2. The number of morpholine rings is 1. The van der Waals surface area contributed by atoms with Crippen molar-refractivity contribution in [3.8, 4) is 0 Å². The third-order valence-corrected chi connectivity index (χ3v) is 5.14. The molecule has 0 spiro atoms. The summed E-state index contributed by atoms with van der Waals surface area (Å²) in [6.45, 7) is 8.68. The molecule has 29 heavy (non-hydrogen) atoms. The lowest BCUT2D eigenvalue weighted by Crippen LogP contribution is -2.46. The Labute approximate surface area is 169 Å². The van der Waals surface area contributed by atoms with Gasteiger partial charge in [0.25, 0.3) is 0 Å². The standard InChI is InChI=1S/C19H29F3N6O/c1-2-23-18(28-9-5-15(14-28)27-10-12-29-13-11-27)26-8-7-25-17-16(19(20,21)22)4-3-6-24-17/h3-4,6,15H,2,5,7-14H2,1H3,(H,23,26)(H,24,25). The van der Waals surface area contributed by atoms with Crippen molar-refractivity contribution in [2.45, 2.75) is 25.6 Å². The van der Waals surface area contributed by atoms with E-state index in [1.54, 1.807) is 0 Å². The molecule has 2 saturated heterocycles. The fourth-order valence-corrected chi connectivity index (χ4v) is 3.71. The Balaban J connectivity index is 1.54. The Morgan fingerprint density at radius 3 is 2.83 bits per heavy atom. The zero-order valence-corrected chi connectivity index (χ0v) is 16.7. The maximum absolute atomic E-state index is 13.0. The Bertz CT molecular complexity index is 678. The van der Waals surface area contributed by atoms with Crippen LogP contribution in [0.2, 0.25) is 0 Å². The molecule has 2 N–H and O–H groups in total. The third-order valence-electron chi connectivity index (χ3n) is 5.14. The first-order chi connectivity index (χ1) is 14.0. The second kappa shape index (κ2) is 10.1. The van der Waals surface area contributed by atoms with E-state index in [-0.39, 0.29) is 12.4 Å². The monoisotopic (exact) mass is 414 g/mol. The molecule has 2 aliphatic rings. The quantitative estimate of drug-likeness (QED) is 0.421. The van der Waals surface area contributed by atoms with Crippen LogP contribution in [0.1, 0.15) is 18.9 Å². The van der Waals surface area contributed by atoms with E-state index in [1.165, 1.54) is 12.3 Å². The maximum Gasteiger partial charge on any atom is 0.419 e.